The van der Waals surface area contributed by atoms with Gasteiger partial charge in [0, 0.05) is 26.2 Å². The van der Waals surface area contributed by atoms with Crippen molar-refractivity contribution in [3.63, 3.8) is 0 Å². The number of rotatable bonds is 4. The van der Waals surface area contributed by atoms with Gasteiger partial charge in [-0.2, -0.15) is 0 Å². The number of hydrogen-bond acceptors (Lipinski definition) is 4. The summed E-state index contributed by atoms with van der Waals surface area (Å²) in [5, 5.41) is 12.6. The lowest BCUT2D eigenvalue weighted by Crippen LogP contribution is -2.49. The van der Waals surface area contributed by atoms with E-state index in [0.29, 0.717) is 6.10 Å². The molecule has 4 heteroatoms. The van der Waals surface area contributed by atoms with Crippen LogP contribution in [0.2, 0.25) is 0 Å². The van der Waals surface area contributed by atoms with E-state index in [9.17, 15) is 5.11 Å². The van der Waals surface area contributed by atoms with Gasteiger partial charge in [0.2, 0.25) is 0 Å². The molecule has 0 radical (unpaired) electrons. The van der Waals surface area contributed by atoms with E-state index in [-0.39, 0.29) is 12.1 Å². The molecule has 0 saturated carbocycles. The number of aliphatic hydroxyl groups excluding tert-OH is 1. The van der Waals surface area contributed by atoms with Gasteiger partial charge in [0.25, 0.3) is 0 Å². The first-order valence-corrected chi connectivity index (χ1v) is 5.92. The van der Waals surface area contributed by atoms with E-state index in [1.54, 1.807) is 0 Å². The largest absolute Gasteiger partial charge is 0.394 e. The van der Waals surface area contributed by atoms with Crippen LogP contribution in [0.1, 0.15) is 19.3 Å². The van der Waals surface area contributed by atoms with Gasteiger partial charge < -0.3 is 15.2 Å². The van der Waals surface area contributed by atoms with E-state index in [4.69, 9.17) is 4.74 Å². The molecule has 2 aliphatic heterocycles. The van der Waals surface area contributed by atoms with Gasteiger partial charge in [-0.25, -0.2) is 0 Å². The van der Waals surface area contributed by atoms with Crippen LogP contribution in [0.25, 0.3) is 0 Å². The molecule has 2 N–H and O–H groups in total. The number of likely N-dealkylation sites (tertiary alicyclic amines) is 1. The highest BCUT2D eigenvalue weighted by molar-refractivity contribution is 4.96. The summed E-state index contributed by atoms with van der Waals surface area (Å²) < 4.78 is 5.63. The number of ether oxygens (including phenoxy) is 1. The molecule has 2 rings (SSSR count). The molecule has 0 amide bonds. The minimum atomic E-state index is -0.0708. The van der Waals surface area contributed by atoms with Crippen molar-refractivity contribution in [1.29, 1.82) is 0 Å². The number of hydrogen-bond donors (Lipinski definition) is 2. The van der Waals surface area contributed by atoms with Crippen molar-refractivity contribution in [3.05, 3.63) is 0 Å². The van der Waals surface area contributed by atoms with Crippen molar-refractivity contribution in [2.75, 3.05) is 39.9 Å². The van der Waals surface area contributed by atoms with Gasteiger partial charge in [0.15, 0.2) is 0 Å². The summed E-state index contributed by atoms with van der Waals surface area (Å²) in [7, 11) is 1.94. The van der Waals surface area contributed by atoms with E-state index in [0.717, 1.165) is 32.7 Å². The Bertz CT molecular complexity index is 201. The van der Waals surface area contributed by atoms with Crippen molar-refractivity contribution in [2.45, 2.75) is 30.9 Å². The molecular weight excluding hydrogens is 192 g/mol. The number of likely N-dealkylation sites (N-methyl/N-ethyl adjacent to an activating group) is 1. The average Bonchev–Trinajstić information content (AvgIpc) is 2.89. The molecule has 4 nitrogen and oxygen atoms in total. The minimum absolute atomic E-state index is 0.0708. The average molecular weight is 214 g/mol. The van der Waals surface area contributed by atoms with Crippen LogP contribution in [-0.2, 0) is 4.74 Å². The zero-order valence-corrected chi connectivity index (χ0v) is 9.54. The van der Waals surface area contributed by atoms with Crippen LogP contribution in [0.5, 0.6) is 0 Å². The Balaban J connectivity index is 1.81. The Hall–Kier alpha value is -0.160. The molecule has 0 aromatic heterocycles. The van der Waals surface area contributed by atoms with Gasteiger partial charge in [0.05, 0.1) is 18.2 Å². The lowest BCUT2D eigenvalue weighted by atomic mass is 10.0. The second kappa shape index (κ2) is 4.78. The first kappa shape index (κ1) is 11.3. The third-order valence-electron chi connectivity index (χ3n) is 3.75. The molecule has 0 aromatic rings. The maximum atomic E-state index is 9.37. The van der Waals surface area contributed by atoms with E-state index >= 15 is 0 Å². The third-order valence-corrected chi connectivity index (χ3v) is 3.75. The maximum absolute atomic E-state index is 9.37. The molecule has 0 bridgehead atoms. The summed E-state index contributed by atoms with van der Waals surface area (Å²) in [6.45, 7) is 4.20. The molecule has 88 valence electrons. The monoisotopic (exact) mass is 214 g/mol. The molecule has 2 heterocycles. The first-order valence-electron chi connectivity index (χ1n) is 5.92. The second-order valence-corrected chi connectivity index (χ2v) is 4.81. The number of nitrogens with one attached hydrogen (secondary N) is 1. The van der Waals surface area contributed by atoms with Crippen molar-refractivity contribution >= 4 is 0 Å². The molecule has 0 spiro atoms. The van der Waals surface area contributed by atoms with E-state index < -0.39 is 0 Å². The van der Waals surface area contributed by atoms with Gasteiger partial charge in [-0.05, 0) is 26.3 Å². The van der Waals surface area contributed by atoms with Crippen molar-refractivity contribution in [3.8, 4) is 0 Å². The van der Waals surface area contributed by atoms with E-state index in [1.165, 1.54) is 12.8 Å². The quantitative estimate of drug-likeness (QED) is 0.681. The normalized spacial score (nSPS) is 37.6. The van der Waals surface area contributed by atoms with Crippen LogP contribution in [0.4, 0.5) is 0 Å². The second-order valence-electron chi connectivity index (χ2n) is 4.81. The molecular formula is C11H22N2O2. The minimum Gasteiger partial charge on any atom is -0.394 e. The van der Waals surface area contributed by atoms with Gasteiger partial charge in [-0.3, -0.25) is 4.90 Å². The Morgan fingerprint density at radius 3 is 3.00 bits per heavy atom. The maximum Gasteiger partial charge on any atom is 0.0702 e. The predicted octanol–water partition coefficient (Wildman–Crippen LogP) is -0.178. The van der Waals surface area contributed by atoms with Crippen LogP contribution in [0.3, 0.4) is 0 Å². The fourth-order valence-corrected chi connectivity index (χ4v) is 2.60. The summed E-state index contributed by atoms with van der Waals surface area (Å²) in [4.78, 5) is 2.41. The van der Waals surface area contributed by atoms with Gasteiger partial charge >= 0.3 is 0 Å². The number of nitrogens with zero attached hydrogens (tertiary/aromatic N) is 1. The lowest BCUT2D eigenvalue weighted by Gasteiger charge is -2.27. The lowest BCUT2D eigenvalue weighted by molar-refractivity contribution is 0.0756. The highest BCUT2D eigenvalue weighted by Gasteiger charge is 2.37. The van der Waals surface area contributed by atoms with Crippen LogP contribution in [0, 0.1) is 0 Å². The van der Waals surface area contributed by atoms with E-state index in [2.05, 4.69) is 10.2 Å². The Morgan fingerprint density at radius 1 is 1.60 bits per heavy atom. The summed E-state index contributed by atoms with van der Waals surface area (Å²) in [5.74, 6) is 0. The van der Waals surface area contributed by atoms with Crippen LogP contribution >= 0.6 is 0 Å². The zero-order chi connectivity index (χ0) is 10.7. The fraction of sp³-hybridized carbons (Fsp3) is 1.00. The van der Waals surface area contributed by atoms with E-state index in [1.807, 2.05) is 7.05 Å². The molecule has 15 heavy (non-hydrogen) atoms. The predicted molar refractivity (Wildman–Crippen MR) is 58.9 cm³/mol. The summed E-state index contributed by atoms with van der Waals surface area (Å²) in [6.07, 6.45) is 3.86. The van der Waals surface area contributed by atoms with Crippen molar-refractivity contribution in [2.24, 2.45) is 0 Å². The van der Waals surface area contributed by atoms with Gasteiger partial charge in [-0.1, -0.05) is 0 Å². The number of aliphatic hydroxyl groups is 1. The fourth-order valence-electron chi connectivity index (χ4n) is 2.60. The molecule has 2 fully saturated rings. The summed E-state index contributed by atoms with van der Waals surface area (Å²) in [5.41, 5.74) is -0.0708. The van der Waals surface area contributed by atoms with Crippen molar-refractivity contribution < 1.29 is 9.84 Å². The third kappa shape index (κ3) is 2.50. The summed E-state index contributed by atoms with van der Waals surface area (Å²) >= 11 is 0. The Labute approximate surface area is 91.6 Å². The molecule has 2 atom stereocenters. The molecule has 2 aliphatic rings. The summed E-state index contributed by atoms with van der Waals surface area (Å²) in [6, 6.07) is 0. The highest BCUT2D eigenvalue weighted by atomic mass is 16.5. The SMILES string of the molecule is CNC1(CO)CCN(CC2CCCO2)C1. The molecule has 2 saturated heterocycles. The first-order chi connectivity index (χ1) is 7.28. The van der Waals surface area contributed by atoms with Crippen molar-refractivity contribution in [1.82, 2.24) is 10.2 Å². The van der Waals surface area contributed by atoms with Gasteiger partial charge in [-0.15, -0.1) is 0 Å². The van der Waals surface area contributed by atoms with Gasteiger partial charge in [0.1, 0.15) is 0 Å². The van der Waals surface area contributed by atoms with Crippen LogP contribution in [0.15, 0.2) is 0 Å². The molecule has 0 aliphatic carbocycles. The highest BCUT2D eigenvalue weighted by Crippen LogP contribution is 2.22. The van der Waals surface area contributed by atoms with Crippen LogP contribution < -0.4 is 5.32 Å². The Kier molecular flexibility index (Phi) is 3.61. The topological polar surface area (TPSA) is 44.7 Å². The van der Waals surface area contributed by atoms with Crippen LogP contribution in [-0.4, -0.2) is 61.5 Å². The molecule has 2 unspecified atom stereocenters. The smallest absolute Gasteiger partial charge is 0.0702 e. The molecule has 0 aromatic carbocycles. The Morgan fingerprint density at radius 2 is 2.47 bits per heavy atom. The zero-order valence-electron chi connectivity index (χ0n) is 9.54. The standard InChI is InChI=1S/C11H22N2O2/c1-12-11(9-14)4-5-13(8-11)7-10-3-2-6-15-10/h10,12,14H,2-9H2,1H3.